The molecule has 0 radical (unpaired) electrons. The van der Waals surface area contributed by atoms with Gasteiger partial charge in [0.15, 0.2) is 5.84 Å². The molecule has 0 aliphatic heterocycles. The third-order valence-corrected chi connectivity index (χ3v) is 2.70. The molecule has 1 unspecified atom stereocenters. The number of alkyl halides is 3. The van der Waals surface area contributed by atoms with Gasteiger partial charge in [-0.25, -0.2) is 0 Å². The molecule has 0 spiro atoms. The van der Waals surface area contributed by atoms with E-state index in [1.165, 1.54) is 7.11 Å². The van der Waals surface area contributed by atoms with Crippen LogP contribution in [0.25, 0.3) is 0 Å². The van der Waals surface area contributed by atoms with Crippen molar-refractivity contribution < 1.29 is 23.1 Å². The highest BCUT2D eigenvalue weighted by Crippen LogP contribution is 2.26. The molecule has 1 rings (SSSR count). The number of amidine groups is 1. The first-order valence-electron chi connectivity index (χ1n) is 5.76. The molecule has 0 heterocycles. The standard InChI is InChI=1S/C12H16F3N3O2/c1-20-9-4-2-8(3-5-9)6-17-7-10(11(16)18-19)12(13,14)15/h2-5,10,17,19H,6-7H2,1H3,(H2,16,18). The van der Waals surface area contributed by atoms with Crippen LogP contribution < -0.4 is 15.8 Å². The van der Waals surface area contributed by atoms with Gasteiger partial charge in [-0.1, -0.05) is 17.3 Å². The van der Waals surface area contributed by atoms with E-state index in [-0.39, 0.29) is 6.54 Å². The van der Waals surface area contributed by atoms with Crippen molar-refractivity contribution in [3.05, 3.63) is 29.8 Å². The van der Waals surface area contributed by atoms with Gasteiger partial charge in [0.25, 0.3) is 0 Å². The van der Waals surface area contributed by atoms with Gasteiger partial charge in [0.2, 0.25) is 0 Å². The molecule has 8 heteroatoms. The normalized spacial score (nSPS) is 14.1. The largest absolute Gasteiger partial charge is 0.497 e. The zero-order valence-electron chi connectivity index (χ0n) is 10.8. The smallest absolute Gasteiger partial charge is 0.400 e. The summed E-state index contributed by atoms with van der Waals surface area (Å²) in [5.74, 6) is -2.22. The minimum Gasteiger partial charge on any atom is -0.497 e. The maximum absolute atomic E-state index is 12.7. The summed E-state index contributed by atoms with van der Waals surface area (Å²) >= 11 is 0. The van der Waals surface area contributed by atoms with Crippen molar-refractivity contribution in [1.82, 2.24) is 5.32 Å². The summed E-state index contributed by atoms with van der Waals surface area (Å²) in [5.41, 5.74) is 5.84. The third kappa shape index (κ3) is 4.61. The van der Waals surface area contributed by atoms with Crippen LogP contribution in [0.5, 0.6) is 5.75 Å². The lowest BCUT2D eigenvalue weighted by molar-refractivity contribution is -0.154. The van der Waals surface area contributed by atoms with E-state index in [9.17, 15) is 13.2 Å². The molecule has 112 valence electrons. The number of methoxy groups -OCH3 is 1. The molecule has 1 aromatic rings. The number of benzene rings is 1. The Kier molecular flexibility index (Phi) is 5.63. The summed E-state index contributed by atoms with van der Waals surface area (Å²) in [7, 11) is 1.53. The highest BCUT2D eigenvalue weighted by molar-refractivity contribution is 5.83. The fourth-order valence-electron chi connectivity index (χ4n) is 1.56. The fraction of sp³-hybridized carbons (Fsp3) is 0.417. The quantitative estimate of drug-likeness (QED) is 0.323. The van der Waals surface area contributed by atoms with E-state index < -0.39 is 24.5 Å². The van der Waals surface area contributed by atoms with Gasteiger partial charge in [0.05, 0.1) is 7.11 Å². The number of nitrogens with one attached hydrogen (secondary N) is 1. The van der Waals surface area contributed by atoms with Gasteiger partial charge >= 0.3 is 6.18 Å². The first kappa shape index (κ1) is 16.1. The van der Waals surface area contributed by atoms with Crippen molar-refractivity contribution in [1.29, 1.82) is 0 Å². The van der Waals surface area contributed by atoms with E-state index in [4.69, 9.17) is 15.7 Å². The molecule has 0 aliphatic rings. The van der Waals surface area contributed by atoms with Gasteiger partial charge < -0.3 is 21.0 Å². The van der Waals surface area contributed by atoms with Crippen molar-refractivity contribution in [2.75, 3.05) is 13.7 Å². The minimum absolute atomic E-state index is 0.231. The van der Waals surface area contributed by atoms with Gasteiger partial charge in [-0.2, -0.15) is 13.2 Å². The Morgan fingerprint density at radius 3 is 2.45 bits per heavy atom. The van der Waals surface area contributed by atoms with Gasteiger partial charge in [0.1, 0.15) is 11.7 Å². The molecule has 0 amide bonds. The number of nitrogens with zero attached hydrogens (tertiary/aromatic N) is 1. The molecular formula is C12H16F3N3O2. The highest BCUT2D eigenvalue weighted by atomic mass is 19.4. The Labute approximate surface area is 114 Å². The Bertz CT molecular complexity index is 446. The Hall–Kier alpha value is -1.96. The maximum Gasteiger partial charge on any atom is 0.400 e. The predicted octanol–water partition coefficient (Wildman–Crippen LogP) is 1.71. The third-order valence-electron chi connectivity index (χ3n) is 2.70. The summed E-state index contributed by atoms with van der Waals surface area (Å²) in [4.78, 5) is 0. The fourth-order valence-corrected chi connectivity index (χ4v) is 1.56. The maximum atomic E-state index is 12.7. The van der Waals surface area contributed by atoms with Gasteiger partial charge in [0, 0.05) is 13.1 Å². The highest BCUT2D eigenvalue weighted by Gasteiger charge is 2.42. The van der Waals surface area contributed by atoms with Crippen LogP contribution in [-0.2, 0) is 6.54 Å². The predicted molar refractivity (Wildman–Crippen MR) is 67.7 cm³/mol. The molecule has 1 atom stereocenters. The summed E-state index contributed by atoms with van der Waals surface area (Å²) in [5, 5.41) is 13.4. The molecule has 0 saturated heterocycles. The van der Waals surface area contributed by atoms with Crippen LogP contribution in [0.1, 0.15) is 5.56 Å². The Balaban J connectivity index is 2.56. The second-order valence-electron chi connectivity index (χ2n) is 4.10. The first-order chi connectivity index (χ1) is 9.38. The molecule has 5 nitrogen and oxygen atoms in total. The van der Waals surface area contributed by atoms with E-state index in [0.717, 1.165) is 5.56 Å². The van der Waals surface area contributed by atoms with E-state index in [2.05, 4.69) is 10.5 Å². The molecule has 0 saturated carbocycles. The van der Waals surface area contributed by atoms with Crippen molar-refractivity contribution >= 4 is 5.84 Å². The van der Waals surface area contributed by atoms with Crippen LogP contribution in [0.3, 0.4) is 0 Å². The summed E-state index contributed by atoms with van der Waals surface area (Å²) in [6.07, 6.45) is -4.57. The number of hydrogen-bond donors (Lipinski definition) is 3. The van der Waals surface area contributed by atoms with Crippen LogP contribution >= 0.6 is 0 Å². The molecule has 20 heavy (non-hydrogen) atoms. The summed E-state index contributed by atoms with van der Waals surface area (Å²) in [6, 6.07) is 6.89. The number of nitrogens with two attached hydrogens (primary N) is 1. The summed E-state index contributed by atoms with van der Waals surface area (Å²) in [6.45, 7) is -0.235. The lowest BCUT2D eigenvalue weighted by Crippen LogP contribution is -2.42. The Morgan fingerprint density at radius 1 is 1.40 bits per heavy atom. The molecule has 4 N–H and O–H groups in total. The zero-order valence-corrected chi connectivity index (χ0v) is 10.8. The van der Waals surface area contributed by atoms with E-state index in [0.29, 0.717) is 5.75 Å². The second-order valence-corrected chi connectivity index (χ2v) is 4.10. The SMILES string of the molecule is COc1ccc(CNCC(/C(N)=N/O)C(F)(F)F)cc1. The zero-order chi connectivity index (χ0) is 15.2. The molecule has 0 aromatic heterocycles. The molecular weight excluding hydrogens is 275 g/mol. The van der Waals surface area contributed by atoms with E-state index in [1.54, 1.807) is 24.3 Å². The van der Waals surface area contributed by atoms with Gasteiger partial charge in [-0.3, -0.25) is 0 Å². The number of hydrogen-bond acceptors (Lipinski definition) is 4. The van der Waals surface area contributed by atoms with E-state index in [1.807, 2.05) is 0 Å². The first-order valence-corrected chi connectivity index (χ1v) is 5.76. The average Bonchev–Trinajstić information content (AvgIpc) is 2.42. The topological polar surface area (TPSA) is 79.9 Å². The number of rotatable bonds is 6. The summed E-state index contributed by atoms with van der Waals surface area (Å²) < 4.78 is 42.9. The van der Waals surface area contributed by atoms with Crippen LogP contribution in [0, 0.1) is 5.92 Å². The van der Waals surface area contributed by atoms with Crippen molar-refractivity contribution in [3.8, 4) is 5.75 Å². The monoisotopic (exact) mass is 291 g/mol. The minimum atomic E-state index is -4.57. The van der Waals surface area contributed by atoms with Gasteiger partial charge in [-0.05, 0) is 17.7 Å². The van der Waals surface area contributed by atoms with Crippen LogP contribution in [0.4, 0.5) is 13.2 Å². The van der Waals surface area contributed by atoms with Crippen LogP contribution in [0.2, 0.25) is 0 Å². The van der Waals surface area contributed by atoms with Crippen LogP contribution in [-0.4, -0.2) is 30.9 Å². The van der Waals surface area contributed by atoms with Gasteiger partial charge in [-0.15, -0.1) is 0 Å². The lowest BCUT2D eigenvalue weighted by atomic mass is 10.1. The molecule has 0 aliphatic carbocycles. The van der Waals surface area contributed by atoms with E-state index >= 15 is 0 Å². The van der Waals surface area contributed by atoms with Crippen molar-refractivity contribution in [2.45, 2.75) is 12.7 Å². The lowest BCUT2D eigenvalue weighted by Gasteiger charge is -2.19. The molecule has 0 bridgehead atoms. The average molecular weight is 291 g/mol. The number of oxime groups is 1. The molecule has 0 fully saturated rings. The van der Waals surface area contributed by atoms with Crippen molar-refractivity contribution in [2.24, 2.45) is 16.8 Å². The molecule has 1 aromatic carbocycles. The van der Waals surface area contributed by atoms with Crippen molar-refractivity contribution in [3.63, 3.8) is 0 Å². The number of ether oxygens (including phenoxy) is 1. The number of halogens is 3. The van der Waals surface area contributed by atoms with Crippen LogP contribution in [0.15, 0.2) is 29.4 Å². The second kappa shape index (κ2) is 6.99. The Morgan fingerprint density at radius 2 is 2.00 bits per heavy atom.